The molecule has 1 heterocycles. The molecule has 0 saturated carbocycles. The minimum atomic E-state index is -0.294. The summed E-state index contributed by atoms with van der Waals surface area (Å²) in [5.41, 5.74) is 2.25. The molecule has 0 fully saturated rings. The van der Waals surface area contributed by atoms with Crippen LogP contribution < -0.4 is 10.1 Å². The Kier molecular flexibility index (Phi) is 5.31. The highest BCUT2D eigenvalue weighted by molar-refractivity contribution is 6.30. The number of nitrogens with one attached hydrogen (secondary N) is 1. The van der Waals surface area contributed by atoms with E-state index in [1.54, 1.807) is 19.2 Å². The van der Waals surface area contributed by atoms with Gasteiger partial charge in [-0.3, -0.25) is 4.79 Å². The van der Waals surface area contributed by atoms with Crippen LogP contribution >= 0.6 is 11.6 Å². The molecule has 0 spiro atoms. The maximum Gasteiger partial charge on any atom is 0.270 e. The monoisotopic (exact) mass is 352 g/mol. The third kappa shape index (κ3) is 4.17. The molecule has 0 aliphatic heterocycles. The fraction of sp³-hybridized carbons (Fsp3) is 0.100. The van der Waals surface area contributed by atoms with Gasteiger partial charge in [0.1, 0.15) is 11.4 Å². The zero-order valence-corrected chi connectivity index (χ0v) is 14.4. The van der Waals surface area contributed by atoms with Gasteiger partial charge in [-0.2, -0.15) is 0 Å². The molecule has 0 radical (unpaired) electrons. The SMILES string of the molecule is COc1ccc(C(NC(=O)c2ccc(Cl)cn2)c2ccccc2)cc1. The summed E-state index contributed by atoms with van der Waals surface area (Å²) in [6.07, 6.45) is 1.46. The van der Waals surface area contributed by atoms with Crippen LogP contribution in [-0.4, -0.2) is 18.0 Å². The van der Waals surface area contributed by atoms with Crippen molar-refractivity contribution in [3.05, 3.63) is 94.8 Å². The van der Waals surface area contributed by atoms with E-state index >= 15 is 0 Å². The number of aromatic nitrogens is 1. The Bertz CT molecular complexity index is 834. The number of carbonyl (C=O) groups is 1. The van der Waals surface area contributed by atoms with Crippen LogP contribution in [-0.2, 0) is 0 Å². The molecule has 5 heteroatoms. The van der Waals surface area contributed by atoms with Crippen LogP contribution in [0.3, 0.4) is 0 Å². The molecule has 0 aliphatic carbocycles. The molecule has 126 valence electrons. The number of halogens is 1. The van der Waals surface area contributed by atoms with Crippen molar-refractivity contribution in [2.75, 3.05) is 7.11 Å². The van der Waals surface area contributed by atoms with Gasteiger partial charge in [0.15, 0.2) is 0 Å². The molecule has 25 heavy (non-hydrogen) atoms. The molecule has 0 saturated heterocycles. The summed E-state index contributed by atoms with van der Waals surface area (Å²) in [5.74, 6) is 0.502. The lowest BCUT2D eigenvalue weighted by molar-refractivity contribution is 0.0938. The molecule has 3 rings (SSSR count). The number of ether oxygens (including phenoxy) is 1. The molecule has 1 amide bonds. The Balaban J connectivity index is 1.90. The lowest BCUT2D eigenvalue weighted by Gasteiger charge is -2.20. The zero-order chi connectivity index (χ0) is 17.6. The molecular weight excluding hydrogens is 336 g/mol. The van der Waals surface area contributed by atoms with Gasteiger partial charge >= 0.3 is 0 Å². The molecule has 2 aromatic carbocycles. The van der Waals surface area contributed by atoms with Crippen molar-refractivity contribution >= 4 is 17.5 Å². The number of rotatable bonds is 5. The number of benzene rings is 2. The van der Waals surface area contributed by atoms with Gasteiger partial charge in [-0.05, 0) is 35.4 Å². The van der Waals surface area contributed by atoms with Gasteiger partial charge in [-0.15, -0.1) is 0 Å². The summed E-state index contributed by atoms with van der Waals surface area (Å²) < 4.78 is 5.21. The molecule has 1 unspecified atom stereocenters. The van der Waals surface area contributed by atoms with E-state index in [0.29, 0.717) is 10.7 Å². The Hall–Kier alpha value is -2.85. The van der Waals surface area contributed by atoms with Crippen LogP contribution in [0.5, 0.6) is 5.75 Å². The number of nitrogens with zero attached hydrogens (tertiary/aromatic N) is 1. The minimum absolute atomic E-state index is 0.263. The van der Waals surface area contributed by atoms with Gasteiger partial charge < -0.3 is 10.1 Å². The van der Waals surface area contributed by atoms with Gasteiger partial charge in [0.25, 0.3) is 5.91 Å². The second-order valence-electron chi connectivity index (χ2n) is 5.45. The summed E-state index contributed by atoms with van der Waals surface area (Å²) in [5, 5.41) is 3.53. The largest absolute Gasteiger partial charge is 0.497 e. The lowest BCUT2D eigenvalue weighted by Crippen LogP contribution is -2.29. The normalized spacial score (nSPS) is 11.6. The third-order valence-corrected chi connectivity index (χ3v) is 4.04. The van der Waals surface area contributed by atoms with E-state index in [-0.39, 0.29) is 11.9 Å². The van der Waals surface area contributed by atoms with Crippen LogP contribution in [0.4, 0.5) is 0 Å². The second kappa shape index (κ2) is 7.81. The van der Waals surface area contributed by atoms with Crippen LogP contribution in [0.1, 0.15) is 27.7 Å². The Morgan fingerprint density at radius 2 is 1.68 bits per heavy atom. The summed E-state index contributed by atoms with van der Waals surface area (Å²) in [6, 6.07) is 20.4. The standard InChI is InChI=1S/C20H17ClN2O2/c1-25-17-10-7-15(8-11-17)19(14-5-3-2-4-6-14)23-20(24)18-12-9-16(21)13-22-18/h2-13,19H,1H3,(H,23,24). The molecule has 0 aliphatic rings. The van der Waals surface area contributed by atoms with Crippen LogP contribution in [0.2, 0.25) is 5.02 Å². The Morgan fingerprint density at radius 1 is 1.00 bits per heavy atom. The van der Waals surface area contributed by atoms with Crippen LogP contribution in [0, 0.1) is 0 Å². The van der Waals surface area contributed by atoms with Crippen molar-refractivity contribution in [3.63, 3.8) is 0 Å². The summed E-state index contributed by atoms with van der Waals surface area (Å²) in [6.45, 7) is 0. The number of carbonyl (C=O) groups excluding carboxylic acids is 1. The number of amides is 1. The number of pyridine rings is 1. The second-order valence-corrected chi connectivity index (χ2v) is 5.89. The zero-order valence-electron chi connectivity index (χ0n) is 13.6. The minimum Gasteiger partial charge on any atom is -0.497 e. The average Bonchev–Trinajstić information content (AvgIpc) is 2.67. The molecule has 1 atom stereocenters. The molecule has 1 N–H and O–H groups in total. The quantitative estimate of drug-likeness (QED) is 0.746. The van der Waals surface area contributed by atoms with Crippen molar-refractivity contribution in [2.24, 2.45) is 0 Å². The molecule has 0 bridgehead atoms. The maximum absolute atomic E-state index is 12.6. The highest BCUT2D eigenvalue weighted by Gasteiger charge is 2.18. The molecule has 1 aromatic heterocycles. The van der Waals surface area contributed by atoms with E-state index in [4.69, 9.17) is 16.3 Å². The summed E-state index contributed by atoms with van der Waals surface area (Å²) in [7, 11) is 1.62. The first kappa shape index (κ1) is 17.0. The Morgan fingerprint density at radius 3 is 2.28 bits per heavy atom. The number of methoxy groups -OCH3 is 1. The fourth-order valence-corrected chi connectivity index (χ4v) is 2.63. The van der Waals surface area contributed by atoms with Gasteiger partial charge in [0.05, 0.1) is 18.2 Å². The van der Waals surface area contributed by atoms with E-state index in [2.05, 4.69) is 10.3 Å². The van der Waals surface area contributed by atoms with E-state index in [1.807, 2.05) is 54.6 Å². The highest BCUT2D eigenvalue weighted by atomic mass is 35.5. The van der Waals surface area contributed by atoms with Crippen molar-refractivity contribution in [3.8, 4) is 5.75 Å². The van der Waals surface area contributed by atoms with Gasteiger partial charge in [-0.1, -0.05) is 54.1 Å². The maximum atomic E-state index is 12.6. The highest BCUT2D eigenvalue weighted by Crippen LogP contribution is 2.24. The van der Waals surface area contributed by atoms with Crippen molar-refractivity contribution in [1.82, 2.24) is 10.3 Å². The van der Waals surface area contributed by atoms with Crippen molar-refractivity contribution in [1.29, 1.82) is 0 Å². The first-order chi connectivity index (χ1) is 12.2. The molecule has 4 nitrogen and oxygen atoms in total. The topological polar surface area (TPSA) is 51.2 Å². The van der Waals surface area contributed by atoms with Crippen LogP contribution in [0.25, 0.3) is 0 Å². The fourth-order valence-electron chi connectivity index (χ4n) is 2.52. The van der Waals surface area contributed by atoms with E-state index in [9.17, 15) is 4.79 Å². The number of hydrogen-bond donors (Lipinski definition) is 1. The smallest absolute Gasteiger partial charge is 0.270 e. The van der Waals surface area contributed by atoms with Gasteiger partial charge in [-0.25, -0.2) is 4.98 Å². The summed E-state index contributed by atoms with van der Waals surface area (Å²) in [4.78, 5) is 16.7. The van der Waals surface area contributed by atoms with E-state index < -0.39 is 0 Å². The van der Waals surface area contributed by atoms with Gasteiger partial charge in [0, 0.05) is 6.20 Å². The average molecular weight is 353 g/mol. The van der Waals surface area contributed by atoms with Crippen molar-refractivity contribution in [2.45, 2.75) is 6.04 Å². The summed E-state index contributed by atoms with van der Waals surface area (Å²) >= 11 is 5.84. The number of hydrogen-bond acceptors (Lipinski definition) is 3. The van der Waals surface area contributed by atoms with Crippen molar-refractivity contribution < 1.29 is 9.53 Å². The molecule has 3 aromatic rings. The predicted molar refractivity (Wildman–Crippen MR) is 98.0 cm³/mol. The van der Waals surface area contributed by atoms with Crippen LogP contribution in [0.15, 0.2) is 72.9 Å². The lowest BCUT2D eigenvalue weighted by atomic mass is 9.98. The van der Waals surface area contributed by atoms with Gasteiger partial charge in [0.2, 0.25) is 0 Å². The molecular formula is C20H17ClN2O2. The first-order valence-corrected chi connectivity index (χ1v) is 8.16. The predicted octanol–water partition coefficient (Wildman–Crippen LogP) is 4.26. The first-order valence-electron chi connectivity index (χ1n) is 7.78. The van der Waals surface area contributed by atoms with E-state index in [1.165, 1.54) is 6.20 Å². The van der Waals surface area contributed by atoms with E-state index in [0.717, 1.165) is 16.9 Å². The third-order valence-electron chi connectivity index (χ3n) is 3.82. The Labute approximate surface area is 151 Å².